The highest BCUT2D eigenvalue weighted by molar-refractivity contribution is 9.10. The van der Waals surface area contributed by atoms with Crippen LogP contribution in [-0.4, -0.2) is 4.98 Å². The van der Waals surface area contributed by atoms with Crippen LogP contribution in [0.3, 0.4) is 0 Å². The van der Waals surface area contributed by atoms with E-state index in [1.165, 1.54) is 0 Å². The highest BCUT2D eigenvalue weighted by atomic mass is 79.9. The van der Waals surface area contributed by atoms with E-state index in [1.807, 2.05) is 44.2 Å². The minimum absolute atomic E-state index is 0.0105. The summed E-state index contributed by atoms with van der Waals surface area (Å²) in [6.07, 6.45) is 1.71. The van der Waals surface area contributed by atoms with Crippen LogP contribution in [0, 0.1) is 6.92 Å². The summed E-state index contributed by atoms with van der Waals surface area (Å²) in [5, 5.41) is 0. The first-order valence-electron chi connectivity index (χ1n) is 5.72. The number of hydrogen-bond donors (Lipinski definition) is 1. The normalized spacial score (nSPS) is 12.2. The molecule has 1 heterocycles. The first kappa shape index (κ1) is 13.1. The van der Waals surface area contributed by atoms with Gasteiger partial charge in [0.1, 0.15) is 11.5 Å². The van der Waals surface area contributed by atoms with Crippen LogP contribution in [0.1, 0.15) is 24.2 Å². The van der Waals surface area contributed by atoms with Gasteiger partial charge in [0.25, 0.3) is 0 Å². The van der Waals surface area contributed by atoms with Crippen LogP contribution in [-0.2, 0) is 0 Å². The van der Waals surface area contributed by atoms with E-state index >= 15 is 0 Å². The van der Waals surface area contributed by atoms with Crippen molar-refractivity contribution in [2.75, 3.05) is 0 Å². The van der Waals surface area contributed by atoms with Crippen LogP contribution in [0.5, 0.6) is 11.5 Å². The lowest BCUT2D eigenvalue weighted by Gasteiger charge is -2.11. The van der Waals surface area contributed by atoms with Crippen LogP contribution in [0.15, 0.2) is 41.0 Å². The molecule has 94 valence electrons. The Morgan fingerprint density at radius 3 is 2.61 bits per heavy atom. The second-order valence-electron chi connectivity index (χ2n) is 4.22. The van der Waals surface area contributed by atoms with Gasteiger partial charge >= 0.3 is 0 Å². The molecule has 0 fully saturated rings. The average Bonchev–Trinajstić information content (AvgIpc) is 2.34. The SMILES string of the molecule is Cc1ccc(Oc2ccc(C(C)N)cc2Br)cn1. The number of hydrogen-bond acceptors (Lipinski definition) is 3. The van der Waals surface area contributed by atoms with Gasteiger partial charge in [-0.3, -0.25) is 4.98 Å². The van der Waals surface area contributed by atoms with Gasteiger partial charge in [-0.1, -0.05) is 6.07 Å². The number of aromatic nitrogens is 1. The predicted molar refractivity (Wildman–Crippen MR) is 75.8 cm³/mol. The maximum absolute atomic E-state index is 5.83. The van der Waals surface area contributed by atoms with Gasteiger partial charge in [0, 0.05) is 11.7 Å². The Hall–Kier alpha value is -1.39. The van der Waals surface area contributed by atoms with Gasteiger partial charge in [-0.05, 0) is 59.6 Å². The molecule has 1 aromatic carbocycles. The molecule has 0 saturated carbocycles. The minimum Gasteiger partial charge on any atom is -0.455 e. The van der Waals surface area contributed by atoms with Gasteiger partial charge in [0.2, 0.25) is 0 Å². The van der Waals surface area contributed by atoms with Crippen LogP contribution >= 0.6 is 15.9 Å². The molecule has 1 atom stereocenters. The van der Waals surface area contributed by atoms with E-state index in [2.05, 4.69) is 20.9 Å². The molecule has 1 aromatic heterocycles. The van der Waals surface area contributed by atoms with Crippen molar-refractivity contribution >= 4 is 15.9 Å². The molecule has 4 heteroatoms. The fraction of sp³-hybridized carbons (Fsp3) is 0.214. The number of ether oxygens (including phenoxy) is 1. The third-order valence-corrected chi connectivity index (χ3v) is 3.21. The van der Waals surface area contributed by atoms with E-state index in [-0.39, 0.29) is 6.04 Å². The summed E-state index contributed by atoms with van der Waals surface area (Å²) in [6, 6.07) is 9.67. The van der Waals surface area contributed by atoms with Crippen molar-refractivity contribution in [2.45, 2.75) is 19.9 Å². The fourth-order valence-electron chi connectivity index (χ4n) is 1.52. The van der Waals surface area contributed by atoms with E-state index in [9.17, 15) is 0 Å². The molecule has 0 aliphatic carbocycles. The summed E-state index contributed by atoms with van der Waals surface area (Å²) in [6.45, 7) is 3.89. The van der Waals surface area contributed by atoms with Gasteiger partial charge < -0.3 is 10.5 Å². The lowest BCUT2D eigenvalue weighted by molar-refractivity contribution is 0.476. The van der Waals surface area contributed by atoms with Crippen molar-refractivity contribution in [3.8, 4) is 11.5 Å². The lowest BCUT2D eigenvalue weighted by Crippen LogP contribution is -2.04. The maximum atomic E-state index is 5.83. The van der Waals surface area contributed by atoms with E-state index < -0.39 is 0 Å². The molecule has 2 rings (SSSR count). The number of nitrogens with zero attached hydrogens (tertiary/aromatic N) is 1. The number of pyridine rings is 1. The van der Waals surface area contributed by atoms with Crippen molar-refractivity contribution < 1.29 is 4.74 Å². The summed E-state index contributed by atoms with van der Waals surface area (Å²) in [4.78, 5) is 4.19. The van der Waals surface area contributed by atoms with Crippen LogP contribution in [0.4, 0.5) is 0 Å². The molecule has 0 amide bonds. The standard InChI is InChI=1S/C14H15BrN2O/c1-9-3-5-12(8-17-9)18-14-6-4-11(10(2)16)7-13(14)15/h3-8,10H,16H2,1-2H3. The molecule has 0 aliphatic rings. The Morgan fingerprint density at radius 1 is 1.28 bits per heavy atom. The number of nitrogens with two attached hydrogens (primary N) is 1. The van der Waals surface area contributed by atoms with Crippen LogP contribution < -0.4 is 10.5 Å². The zero-order valence-corrected chi connectivity index (χ0v) is 11.9. The Bertz CT molecular complexity index is 538. The second-order valence-corrected chi connectivity index (χ2v) is 5.07. The fourth-order valence-corrected chi connectivity index (χ4v) is 2.00. The second kappa shape index (κ2) is 5.50. The Balaban J connectivity index is 2.22. The lowest BCUT2D eigenvalue weighted by atomic mass is 10.1. The van der Waals surface area contributed by atoms with Crippen LogP contribution in [0.25, 0.3) is 0 Å². The van der Waals surface area contributed by atoms with Crippen molar-refractivity contribution in [3.63, 3.8) is 0 Å². The molecule has 0 aliphatic heterocycles. The third-order valence-electron chi connectivity index (χ3n) is 2.59. The molecule has 18 heavy (non-hydrogen) atoms. The van der Waals surface area contributed by atoms with Gasteiger partial charge in [0.05, 0.1) is 10.7 Å². The van der Waals surface area contributed by atoms with Crippen molar-refractivity contribution in [1.82, 2.24) is 4.98 Å². The molecule has 3 nitrogen and oxygen atoms in total. The molecule has 0 bridgehead atoms. The van der Waals surface area contributed by atoms with Gasteiger partial charge in [-0.25, -0.2) is 0 Å². The maximum Gasteiger partial charge on any atom is 0.145 e. The minimum atomic E-state index is 0.0105. The first-order chi connectivity index (χ1) is 8.56. The molecular weight excluding hydrogens is 292 g/mol. The Morgan fingerprint density at radius 2 is 2.06 bits per heavy atom. The number of halogens is 1. The van der Waals surface area contributed by atoms with Gasteiger partial charge in [0.15, 0.2) is 0 Å². The summed E-state index contributed by atoms with van der Waals surface area (Å²) in [7, 11) is 0. The summed E-state index contributed by atoms with van der Waals surface area (Å²) in [5.41, 5.74) is 7.86. The van der Waals surface area contributed by atoms with E-state index in [0.29, 0.717) is 0 Å². The quantitative estimate of drug-likeness (QED) is 0.933. The molecule has 0 radical (unpaired) electrons. The molecule has 0 saturated heterocycles. The molecule has 0 spiro atoms. The van der Waals surface area contributed by atoms with E-state index in [4.69, 9.17) is 10.5 Å². The van der Waals surface area contributed by atoms with Crippen molar-refractivity contribution in [1.29, 1.82) is 0 Å². The Kier molecular flexibility index (Phi) is 3.99. The highest BCUT2D eigenvalue weighted by Gasteiger charge is 2.06. The average molecular weight is 307 g/mol. The highest BCUT2D eigenvalue weighted by Crippen LogP contribution is 2.31. The molecule has 2 aromatic rings. The summed E-state index contributed by atoms with van der Waals surface area (Å²) < 4.78 is 6.64. The molecule has 1 unspecified atom stereocenters. The Labute approximate surface area is 115 Å². The number of aryl methyl sites for hydroxylation is 1. The van der Waals surface area contributed by atoms with Gasteiger partial charge in [-0.2, -0.15) is 0 Å². The predicted octanol–water partition coefficient (Wildman–Crippen LogP) is 3.96. The smallest absolute Gasteiger partial charge is 0.145 e. The first-order valence-corrected chi connectivity index (χ1v) is 6.51. The summed E-state index contributed by atoms with van der Waals surface area (Å²) in [5.74, 6) is 1.47. The number of rotatable bonds is 3. The van der Waals surface area contributed by atoms with Crippen molar-refractivity contribution in [2.24, 2.45) is 5.73 Å². The molecule has 2 N–H and O–H groups in total. The number of benzene rings is 1. The topological polar surface area (TPSA) is 48.1 Å². The third kappa shape index (κ3) is 3.09. The molecular formula is C14H15BrN2O. The van der Waals surface area contributed by atoms with Gasteiger partial charge in [-0.15, -0.1) is 0 Å². The van der Waals surface area contributed by atoms with Crippen molar-refractivity contribution in [3.05, 3.63) is 52.3 Å². The van der Waals surface area contributed by atoms with Crippen LogP contribution in [0.2, 0.25) is 0 Å². The zero-order valence-electron chi connectivity index (χ0n) is 10.4. The summed E-state index contributed by atoms with van der Waals surface area (Å²) >= 11 is 3.49. The monoisotopic (exact) mass is 306 g/mol. The van der Waals surface area contributed by atoms with E-state index in [0.717, 1.165) is 27.2 Å². The largest absolute Gasteiger partial charge is 0.455 e. The zero-order chi connectivity index (χ0) is 13.1. The van der Waals surface area contributed by atoms with E-state index in [1.54, 1.807) is 6.20 Å².